The highest BCUT2D eigenvalue weighted by molar-refractivity contribution is 9.10. The fourth-order valence-corrected chi connectivity index (χ4v) is 2.18. The van der Waals surface area contributed by atoms with E-state index in [9.17, 15) is 4.79 Å². The van der Waals surface area contributed by atoms with Gasteiger partial charge in [0.1, 0.15) is 6.54 Å². The van der Waals surface area contributed by atoms with E-state index < -0.39 is 0 Å². The van der Waals surface area contributed by atoms with Gasteiger partial charge >= 0.3 is 0 Å². The number of nitrogens with zero attached hydrogens (tertiary/aromatic N) is 3. The van der Waals surface area contributed by atoms with Crippen LogP contribution in [0.15, 0.2) is 33.7 Å². The third-order valence-electron chi connectivity index (χ3n) is 3.37. The molecule has 0 aliphatic rings. The molecule has 1 aromatic carbocycles. The Morgan fingerprint density at radius 3 is 2.43 bits per heavy atom. The molecule has 0 atom stereocenters. The number of aliphatic imine (C=N–C) groups is 1. The monoisotopic (exact) mass is 382 g/mol. The molecule has 0 saturated heterocycles. The van der Waals surface area contributed by atoms with E-state index in [1.165, 1.54) is 5.56 Å². The molecule has 0 radical (unpaired) electrons. The summed E-state index contributed by atoms with van der Waals surface area (Å²) < 4.78 is 1.07. The average molecular weight is 383 g/mol. The van der Waals surface area contributed by atoms with Gasteiger partial charge in [0.15, 0.2) is 5.96 Å². The smallest absolute Gasteiger partial charge is 0.243 e. The Morgan fingerprint density at radius 2 is 1.87 bits per heavy atom. The summed E-state index contributed by atoms with van der Waals surface area (Å²) in [5.74, 6) is 0.758. The number of unbranched alkanes of at least 4 members (excludes halogenated alkanes) is 1. The Labute approximate surface area is 147 Å². The summed E-state index contributed by atoms with van der Waals surface area (Å²) in [7, 11) is 5.47. The Kier molecular flexibility index (Phi) is 8.69. The summed E-state index contributed by atoms with van der Waals surface area (Å²) in [4.78, 5) is 19.8. The largest absolute Gasteiger partial charge is 0.356 e. The molecule has 6 heteroatoms. The van der Waals surface area contributed by atoms with Crippen LogP contribution < -0.4 is 5.32 Å². The zero-order chi connectivity index (χ0) is 17.2. The average Bonchev–Trinajstić information content (AvgIpc) is 2.52. The molecule has 0 saturated carbocycles. The lowest BCUT2D eigenvalue weighted by atomic mass is 10.2. The number of hydrogen-bond donors (Lipinski definition) is 1. The van der Waals surface area contributed by atoms with Gasteiger partial charge in [-0.25, -0.2) is 4.99 Å². The van der Waals surface area contributed by atoms with Crippen LogP contribution in [-0.2, 0) is 11.3 Å². The Bertz CT molecular complexity index is 514. The SMILES string of the molecule is CCCCNC(=NCC(=O)N(C)C)N(C)Cc1ccc(Br)cc1. The van der Waals surface area contributed by atoms with Crippen molar-refractivity contribution in [2.24, 2.45) is 4.99 Å². The van der Waals surface area contributed by atoms with E-state index in [0.717, 1.165) is 36.4 Å². The minimum Gasteiger partial charge on any atom is -0.356 e. The number of benzene rings is 1. The van der Waals surface area contributed by atoms with E-state index in [1.807, 2.05) is 24.1 Å². The summed E-state index contributed by atoms with van der Waals surface area (Å²) in [6.45, 7) is 3.91. The van der Waals surface area contributed by atoms with Crippen LogP contribution in [-0.4, -0.2) is 55.9 Å². The first kappa shape index (κ1) is 19.5. The van der Waals surface area contributed by atoms with Crippen molar-refractivity contribution < 1.29 is 4.79 Å². The number of carbonyl (C=O) groups is 1. The fourth-order valence-electron chi connectivity index (χ4n) is 1.91. The zero-order valence-electron chi connectivity index (χ0n) is 14.5. The molecular weight excluding hydrogens is 356 g/mol. The molecule has 0 aliphatic heterocycles. The third-order valence-corrected chi connectivity index (χ3v) is 3.90. The van der Waals surface area contributed by atoms with Gasteiger partial charge in [0, 0.05) is 38.7 Å². The van der Waals surface area contributed by atoms with Crippen LogP contribution in [0.2, 0.25) is 0 Å². The van der Waals surface area contributed by atoms with Crippen LogP contribution in [0.25, 0.3) is 0 Å². The Balaban J connectivity index is 2.73. The minimum absolute atomic E-state index is 0.00293. The van der Waals surface area contributed by atoms with E-state index in [1.54, 1.807) is 19.0 Å². The number of rotatable bonds is 7. The van der Waals surface area contributed by atoms with E-state index in [0.29, 0.717) is 0 Å². The molecule has 128 valence electrons. The summed E-state index contributed by atoms with van der Waals surface area (Å²) in [6, 6.07) is 8.21. The third kappa shape index (κ3) is 7.50. The number of likely N-dealkylation sites (N-methyl/N-ethyl adjacent to an activating group) is 1. The van der Waals surface area contributed by atoms with Gasteiger partial charge in [0.05, 0.1) is 0 Å². The van der Waals surface area contributed by atoms with Crippen LogP contribution in [0.5, 0.6) is 0 Å². The molecule has 1 aromatic rings. The van der Waals surface area contributed by atoms with Gasteiger partial charge in [-0.2, -0.15) is 0 Å². The predicted octanol–water partition coefficient (Wildman–Crippen LogP) is 2.71. The van der Waals surface area contributed by atoms with E-state index in [2.05, 4.69) is 45.3 Å². The molecule has 0 unspecified atom stereocenters. The number of guanidine groups is 1. The van der Waals surface area contributed by atoms with Gasteiger partial charge in [-0.15, -0.1) is 0 Å². The highest BCUT2D eigenvalue weighted by Crippen LogP contribution is 2.11. The van der Waals surface area contributed by atoms with E-state index in [4.69, 9.17) is 0 Å². The van der Waals surface area contributed by atoms with Crippen LogP contribution >= 0.6 is 15.9 Å². The second-order valence-corrected chi connectivity index (χ2v) is 6.61. The lowest BCUT2D eigenvalue weighted by Gasteiger charge is -2.23. The summed E-state index contributed by atoms with van der Waals surface area (Å²) in [6.07, 6.45) is 2.19. The lowest BCUT2D eigenvalue weighted by molar-refractivity contribution is -0.127. The molecule has 1 rings (SSSR count). The van der Waals surface area contributed by atoms with Crippen molar-refractivity contribution >= 4 is 27.8 Å². The molecular formula is C17H27BrN4O. The molecule has 5 nitrogen and oxygen atoms in total. The maximum Gasteiger partial charge on any atom is 0.243 e. The van der Waals surface area contributed by atoms with Gasteiger partial charge in [0.25, 0.3) is 0 Å². The van der Waals surface area contributed by atoms with Crippen LogP contribution in [0.3, 0.4) is 0 Å². The van der Waals surface area contributed by atoms with Gasteiger partial charge in [-0.1, -0.05) is 41.4 Å². The Hall–Kier alpha value is -1.56. The van der Waals surface area contributed by atoms with Crippen molar-refractivity contribution in [3.05, 3.63) is 34.3 Å². The predicted molar refractivity (Wildman–Crippen MR) is 99.5 cm³/mol. The Morgan fingerprint density at radius 1 is 1.22 bits per heavy atom. The van der Waals surface area contributed by atoms with Crippen molar-refractivity contribution in [2.45, 2.75) is 26.3 Å². The highest BCUT2D eigenvalue weighted by atomic mass is 79.9. The standard InChI is InChI=1S/C17H27BrN4O/c1-5-6-11-19-17(20-12-16(23)21(2)3)22(4)13-14-7-9-15(18)10-8-14/h7-10H,5-6,11-13H2,1-4H3,(H,19,20). The van der Waals surface area contributed by atoms with Crippen molar-refractivity contribution in [2.75, 3.05) is 34.2 Å². The van der Waals surface area contributed by atoms with Crippen molar-refractivity contribution in [1.29, 1.82) is 0 Å². The maximum absolute atomic E-state index is 11.8. The molecule has 1 amide bonds. The number of amides is 1. The van der Waals surface area contributed by atoms with Gasteiger partial charge < -0.3 is 15.1 Å². The minimum atomic E-state index is -0.00293. The molecule has 0 aliphatic carbocycles. The number of hydrogen-bond acceptors (Lipinski definition) is 2. The maximum atomic E-state index is 11.8. The topological polar surface area (TPSA) is 47.9 Å². The van der Waals surface area contributed by atoms with Crippen LogP contribution in [0.4, 0.5) is 0 Å². The first-order chi connectivity index (χ1) is 10.9. The van der Waals surface area contributed by atoms with Gasteiger partial charge in [-0.05, 0) is 24.1 Å². The molecule has 0 fully saturated rings. The second kappa shape index (κ2) is 10.3. The molecule has 0 aromatic heterocycles. The van der Waals surface area contributed by atoms with Gasteiger partial charge in [-0.3, -0.25) is 4.79 Å². The van der Waals surface area contributed by atoms with Gasteiger partial charge in [0.2, 0.25) is 5.91 Å². The molecule has 0 spiro atoms. The van der Waals surface area contributed by atoms with Crippen molar-refractivity contribution in [3.8, 4) is 0 Å². The lowest BCUT2D eigenvalue weighted by Crippen LogP contribution is -2.40. The normalized spacial score (nSPS) is 11.3. The summed E-state index contributed by atoms with van der Waals surface area (Å²) >= 11 is 3.45. The second-order valence-electron chi connectivity index (χ2n) is 5.69. The first-order valence-electron chi connectivity index (χ1n) is 7.88. The fraction of sp³-hybridized carbons (Fsp3) is 0.529. The van der Waals surface area contributed by atoms with E-state index >= 15 is 0 Å². The van der Waals surface area contributed by atoms with Crippen molar-refractivity contribution in [3.63, 3.8) is 0 Å². The molecule has 1 N–H and O–H groups in total. The van der Waals surface area contributed by atoms with Crippen LogP contribution in [0, 0.1) is 0 Å². The first-order valence-corrected chi connectivity index (χ1v) is 8.67. The number of carbonyl (C=O) groups excluding carboxylic acids is 1. The highest BCUT2D eigenvalue weighted by Gasteiger charge is 2.09. The number of halogens is 1. The summed E-state index contributed by atoms with van der Waals surface area (Å²) in [5.41, 5.74) is 1.19. The molecule has 23 heavy (non-hydrogen) atoms. The summed E-state index contributed by atoms with van der Waals surface area (Å²) in [5, 5.41) is 3.34. The molecule has 0 bridgehead atoms. The van der Waals surface area contributed by atoms with E-state index in [-0.39, 0.29) is 12.5 Å². The van der Waals surface area contributed by atoms with Crippen molar-refractivity contribution in [1.82, 2.24) is 15.1 Å². The number of nitrogens with one attached hydrogen (secondary N) is 1. The molecule has 0 heterocycles. The quantitative estimate of drug-likeness (QED) is 0.448. The van der Waals surface area contributed by atoms with Crippen LogP contribution in [0.1, 0.15) is 25.3 Å². The zero-order valence-corrected chi connectivity index (χ0v) is 16.1.